The molecule has 0 aliphatic rings. The predicted molar refractivity (Wildman–Crippen MR) is 26.0 cm³/mol. The van der Waals surface area contributed by atoms with Crippen molar-refractivity contribution in [3.63, 3.8) is 0 Å². The van der Waals surface area contributed by atoms with Crippen LogP contribution in [-0.2, 0) is 16.8 Å². The van der Waals surface area contributed by atoms with E-state index in [0.717, 1.165) is 0 Å². The molecule has 0 heterocycles. The molecule has 11 heavy (non-hydrogen) atoms. The molecule has 0 aliphatic heterocycles. The third-order valence-corrected chi connectivity index (χ3v) is 0. The zero-order valence-electron chi connectivity index (χ0n) is 6.07. The van der Waals surface area contributed by atoms with E-state index in [1.165, 1.54) is 0 Å². The van der Waals surface area contributed by atoms with Gasteiger partial charge in [-0.3, -0.25) is 0 Å². The maximum absolute atomic E-state index is 6.25. The van der Waals surface area contributed by atoms with E-state index in [1.807, 2.05) is 0 Å². The van der Waals surface area contributed by atoms with Crippen molar-refractivity contribution >= 4 is 0 Å². The molecule has 0 saturated carbocycles. The molecule has 0 unspecified atom stereocenters. The average Bonchev–Trinajstić information content (AvgIpc) is 2.20. The van der Waals surface area contributed by atoms with Crippen LogP contribution in [0, 0.1) is 59.2 Å². The summed E-state index contributed by atoms with van der Waals surface area (Å²) < 4.78 is 0. The summed E-state index contributed by atoms with van der Waals surface area (Å²) in [4.78, 5) is 0. The summed E-state index contributed by atoms with van der Waals surface area (Å²) >= 11 is 0. The van der Waals surface area contributed by atoms with Crippen LogP contribution in [0.15, 0.2) is 0 Å². The van der Waals surface area contributed by atoms with Crippen molar-refractivity contribution in [2.45, 2.75) is 0 Å². The zero-order chi connectivity index (χ0) is 10.0. The standard InChI is InChI=1S/5CN.Co/c5*1-2;/q5*-1;+2/p+1. The molecule has 0 saturated heterocycles. The van der Waals surface area contributed by atoms with Crippen molar-refractivity contribution in [3.05, 3.63) is 32.9 Å². The molecule has 0 bridgehead atoms. The van der Waals surface area contributed by atoms with E-state index in [0.29, 0.717) is 0 Å². The Balaban J connectivity index is -0.00000000500. The molecule has 0 spiro atoms. The minimum Gasteiger partial charge on any atom is -0.512 e. The fourth-order valence-corrected chi connectivity index (χ4v) is 0. The summed E-state index contributed by atoms with van der Waals surface area (Å²) in [5.74, 6) is 0. The minimum atomic E-state index is 0. The third kappa shape index (κ3) is 67.6. The van der Waals surface area contributed by atoms with Gasteiger partial charge in [-0.2, -0.15) is 0 Å². The normalized spacial score (nSPS) is 0.909. The van der Waals surface area contributed by atoms with Crippen LogP contribution < -0.4 is 0 Å². The van der Waals surface area contributed by atoms with Gasteiger partial charge < -0.3 is 59.2 Å². The first kappa shape index (κ1) is 64.9. The van der Waals surface area contributed by atoms with Crippen LogP contribution in [0.4, 0.5) is 0 Å². The topological polar surface area (TPSA) is 119 Å². The van der Waals surface area contributed by atoms with Gasteiger partial charge in [-0.1, -0.05) is 0 Å². The van der Waals surface area contributed by atoms with Crippen LogP contribution in [0.25, 0.3) is 0 Å². The Bertz CT molecular complexity index is 78.4. The Morgan fingerprint density at radius 1 is 0.455 bits per heavy atom. The van der Waals surface area contributed by atoms with E-state index in [-0.39, 0.29) is 18.2 Å². The number of rotatable bonds is 0. The number of hydrogen-bond acceptors (Lipinski definition) is 5. The Hall–Kier alpha value is -2.04. The molecule has 0 fully saturated rings. The first-order valence-corrected chi connectivity index (χ1v) is 1.12. The Kier molecular flexibility index (Phi) is 544. The fourth-order valence-electron chi connectivity index (χ4n) is 0. The quantitative estimate of drug-likeness (QED) is 0.517. The maximum Gasteiger partial charge on any atom is 2.00 e. The zero-order valence-corrected chi connectivity index (χ0v) is 6.11. The number of nitrogens with zero attached hydrogens (tertiary/aromatic N) is 5. The van der Waals surface area contributed by atoms with E-state index in [9.17, 15) is 0 Å². The molecule has 0 aliphatic carbocycles. The van der Waals surface area contributed by atoms with Crippen molar-refractivity contribution < 1.29 is 18.2 Å². The van der Waals surface area contributed by atoms with Gasteiger partial charge >= 0.3 is 18.2 Å². The maximum atomic E-state index is 6.25. The first-order chi connectivity index (χ1) is 5.00. The van der Waals surface area contributed by atoms with Gasteiger partial charge in [-0.05, 0) is 0 Å². The van der Waals surface area contributed by atoms with Gasteiger partial charge in [0.1, 0.15) is 0 Å². The summed E-state index contributed by atoms with van der Waals surface area (Å²) in [6, 6.07) is 0. The summed E-state index contributed by atoms with van der Waals surface area (Å²) in [6.07, 6.45) is 0. The van der Waals surface area contributed by atoms with Crippen molar-refractivity contribution in [2.24, 2.45) is 0 Å². The van der Waals surface area contributed by atoms with Gasteiger partial charge in [0, 0.05) is 0 Å². The van der Waals surface area contributed by atoms with Gasteiger partial charge in [-0.25, -0.2) is 0 Å². The van der Waals surface area contributed by atoms with E-state index < -0.39 is 0 Å². The molecule has 0 atom stereocenters. The molecule has 0 rings (SSSR count). The fraction of sp³-hybridized carbons (Fsp3) is 0. The van der Waals surface area contributed by atoms with E-state index in [4.69, 9.17) is 59.2 Å². The largest absolute Gasteiger partial charge is 2.00 e. The second-order valence-electron chi connectivity index (χ2n) is 0. The molecular formula is C5HCoN5-2. The molecule has 0 aromatic heterocycles. The molecule has 5 nitrogen and oxygen atoms in total. The van der Waals surface area contributed by atoms with E-state index in [1.54, 1.807) is 0 Å². The Morgan fingerprint density at radius 2 is 0.455 bits per heavy atom. The summed E-state index contributed by atoms with van der Waals surface area (Å²) in [6.45, 7) is 23.8. The van der Waals surface area contributed by atoms with Crippen LogP contribution in [0.5, 0.6) is 0 Å². The van der Waals surface area contributed by atoms with Crippen LogP contribution in [0.3, 0.4) is 0 Å². The third-order valence-electron chi connectivity index (χ3n) is 0. The molecule has 0 N–H and O–H groups in total. The molecule has 0 amide bonds. The van der Waals surface area contributed by atoms with Gasteiger partial charge in [0.05, 0.1) is 0 Å². The van der Waals surface area contributed by atoms with Crippen LogP contribution >= 0.6 is 0 Å². The SMILES string of the molecule is [C-]#N.[C-]#N.[C-]#N.[C-]#N.[C-]#N.[Co+2].[H+]. The van der Waals surface area contributed by atoms with Gasteiger partial charge in [0.2, 0.25) is 0 Å². The van der Waals surface area contributed by atoms with Gasteiger partial charge in [0.25, 0.3) is 0 Å². The average molecular weight is 190 g/mol. The van der Waals surface area contributed by atoms with Crippen molar-refractivity contribution in [3.8, 4) is 0 Å². The Labute approximate surface area is 78.0 Å². The molecule has 6 heteroatoms. The Morgan fingerprint density at radius 3 is 0.455 bits per heavy atom. The van der Waals surface area contributed by atoms with Gasteiger partial charge in [-0.15, -0.1) is 0 Å². The van der Waals surface area contributed by atoms with E-state index >= 15 is 0 Å². The van der Waals surface area contributed by atoms with E-state index in [2.05, 4.69) is 0 Å². The second kappa shape index (κ2) is 92.2. The van der Waals surface area contributed by atoms with Crippen LogP contribution in [-0.4, -0.2) is 0 Å². The molecule has 0 aromatic carbocycles. The molecular weight excluding hydrogens is 189 g/mol. The second-order valence-corrected chi connectivity index (χ2v) is 0. The van der Waals surface area contributed by atoms with Crippen molar-refractivity contribution in [1.82, 2.24) is 0 Å². The predicted octanol–water partition coefficient (Wildman–Crippen LogP) is 0.592. The van der Waals surface area contributed by atoms with Crippen molar-refractivity contribution in [2.75, 3.05) is 0 Å². The van der Waals surface area contributed by atoms with Crippen LogP contribution in [0.2, 0.25) is 0 Å². The minimum absolute atomic E-state index is 0. The summed E-state index contributed by atoms with van der Waals surface area (Å²) in [5.41, 5.74) is 0. The smallest absolute Gasteiger partial charge is 0.512 e. The summed E-state index contributed by atoms with van der Waals surface area (Å²) in [7, 11) is 0. The monoisotopic (exact) mass is 190 g/mol. The number of hydrogen-bond donors (Lipinski definition) is 0. The van der Waals surface area contributed by atoms with Crippen molar-refractivity contribution in [1.29, 1.82) is 26.3 Å². The first-order valence-electron chi connectivity index (χ1n) is 1.12. The molecule has 1 radical (unpaired) electrons. The van der Waals surface area contributed by atoms with Gasteiger partial charge in [0.15, 0.2) is 0 Å². The molecule has 0 aromatic rings. The summed E-state index contributed by atoms with van der Waals surface area (Å²) in [5, 5.41) is 31.2. The molecule has 57 valence electrons. The van der Waals surface area contributed by atoms with Crippen LogP contribution in [0.1, 0.15) is 1.43 Å².